The van der Waals surface area contributed by atoms with E-state index in [1.807, 2.05) is 20.8 Å². The van der Waals surface area contributed by atoms with Gasteiger partial charge in [-0.2, -0.15) is 0 Å². The number of carbonyl (C=O) groups is 4. The van der Waals surface area contributed by atoms with E-state index in [2.05, 4.69) is 114 Å². The van der Waals surface area contributed by atoms with E-state index < -0.39 is 17.2 Å². The number of hydrogen-bond donors (Lipinski definition) is 5. The maximum atomic E-state index is 13.2. The maximum Gasteiger partial charge on any atom is 0.273 e. The van der Waals surface area contributed by atoms with Crippen LogP contribution in [0.3, 0.4) is 0 Å². The van der Waals surface area contributed by atoms with Crippen LogP contribution in [0.4, 0.5) is 17.5 Å². The Morgan fingerprint density at radius 1 is 0.283 bits per heavy atom. The third-order valence-corrected chi connectivity index (χ3v) is 14.8. The van der Waals surface area contributed by atoms with Crippen LogP contribution in [0.15, 0.2) is 0 Å². The van der Waals surface area contributed by atoms with Crippen molar-refractivity contribution in [2.45, 2.75) is 212 Å². The van der Waals surface area contributed by atoms with Gasteiger partial charge in [0, 0.05) is 84.2 Å². The van der Waals surface area contributed by atoms with Gasteiger partial charge in [-0.15, -0.1) is 0 Å². The predicted molar refractivity (Wildman–Crippen MR) is 391 cm³/mol. The fraction of sp³-hybridized carbons (Fsp3) is 0.838. The monoisotopic (exact) mass is 1410 g/mol. The van der Waals surface area contributed by atoms with Gasteiger partial charge in [-0.05, 0) is 112 Å². The van der Waals surface area contributed by atoms with Gasteiger partial charge in [0.15, 0.2) is 46.1 Å². The van der Waals surface area contributed by atoms with Gasteiger partial charge in [-0.3, -0.25) is 19.2 Å². The second-order valence-corrected chi connectivity index (χ2v) is 30.6. The standard InChI is InChI=1S/C39H72N4O8.C35H65N5O8/c1-37(2,3)16-12-20-47-24-28-50-27-23-46-19-11-10-15-31(44)32-34(39(7,8)9)42-33(35(40)43-32)36(45)41-18-14-22-49-26-30-51-29-25-48-21-13-17-38(4,5)6;1-34(2,3)13-9-17-44-21-25-47-24-20-43-16-8-7-12-28(41)29-31(36)40-30(32(37)39-29)33(42)38-15-11-19-46-23-27-48-26-22-45-18-10-14-35(4,5)6/h10-30H2,1-9H3,(H2,40,43)(H,41,45);7-27H2,1-6H3,(H2,36,40)(H2,37,39)(H,38,42). The summed E-state index contributed by atoms with van der Waals surface area (Å²) in [4.78, 5) is 68.4. The molecular formula is C74H137N9O16. The Balaban J connectivity index is 0.000000992. The molecule has 2 aromatic rings. The molecule has 25 heteroatoms. The zero-order valence-electron chi connectivity index (χ0n) is 64.3. The van der Waals surface area contributed by atoms with Crippen LogP contribution < -0.4 is 27.8 Å². The predicted octanol–water partition coefficient (Wildman–Crippen LogP) is 11.4. The van der Waals surface area contributed by atoms with E-state index in [0.717, 1.165) is 84.2 Å². The molecule has 0 radical (unpaired) electrons. The zero-order chi connectivity index (χ0) is 73.9. The number of carbonyl (C=O) groups excluding carboxylic acids is 4. The maximum absolute atomic E-state index is 13.2. The van der Waals surface area contributed by atoms with Crippen LogP contribution in [-0.4, -0.2) is 215 Å². The molecule has 0 saturated heterocycles. The average Bonchev–Trinajstić information content (AvgIpc) is 0.809. The lowest BCUT2D eigenvalue weighted by atomic mass is 9.88. The second-order valence-electron chi connectivity index (χ2n) is 30.6. The van der Waals surface area contributed by atoms with Crippen molar-refractivity contribution in [1.82, 2.24) is 30.6 Å². The molecule has 0 aliphatic carbocycles. The molecular weight excluding hydrogens is 1270 g/mol. The number of amides is 2. The van der Waals surface area contributed by atoms with Crippen LogP contribution in [0.2, 0.25) is 0 Å². The zero-order valence-corrected chi connectivity index (χ0v) is 64.3. The first-order valence-corrected chi connectivity index (χ1v) is 36.5. The van der Waals surface area contributed by atoms with Crippen molar-refractivity contribution in [2.24, 2.45) is 21.7 Å². The van der Waals surface area contributed by atoms with E-state index in [9.17, 15) is 19.2 Å². The number of unbranched alkanes of at least 4 members (excludes halogenated alkanes) is 2. The molecule has 0 aromatic carbocycles. The quantitative estimate of drug-likeness (QED) is 0.0303. The Labute approximate surface area is 596 Å². The Kier molecular flexibility index (Phi) is 50.5. The van der Waals surface area contributed by atoms with Crippen molar-refractivity contribution >= 4 is 40.8 Å². The van der Waals surface area contributed by atoms with Crippen LogP contribution in [0.25, 0.3) is 0 Å². The van der Waals surface area contributed by atoms with Crippen molar-refractivity contribution in [2.75, 3.05) is 189 Å². The van der Waals surface area contributed by atoms with Crippen LogP contribution in [0, 0.1) is 21.7 Å². The summed E-state index contributed by atoms with van der Waals surface area (Å²) in [5.74, 6) is -1.70. The van der Waals surface area contributed by atoms with E-state index >= 15 is 0 Å². The van der Waals surface area contributed by atoms with Gasteiger partial charge in [0.1, 0.15) is 5.69 Å². The highest BCUT2D eigenvalue weighted by Crippen LogP contribution is 2.28. The van der Waals surface area contributed by atoms with Crippen molar-refractivity contribution in [3.63, 3.8) is 0 Å². The average molecular weight is 1410 g/mol. The largest absolute Gasteiger partial charge is 0.382 e. The number of nitrogen functional groups attached to an aromatic ring is 3. The molecule has 8 N–H and O–H groups in total. The van der Waals surface area contributed by atoms with E-state index in [4.69, 9.17) is 74.0 Å². The summed E-state index contributed by atoms with van der Waals surface area (Å²) >= 11 is 0. The lowest BCUT2D eigenvalue weighted by Gasteiger charge is -2.22. The Morgan fingerprint density at radius 2 is 0.505 bits per heavy atom. The summed E-state index contributed by atoms with van der Waals surface area (Å²) in [6.07, 6.45) is 13.1. The van der Waals surface area contributed by atoms with Crippen molar-refractivity contribution in [3.8, 4) is 0 Å². The van der Waals surface area contributed by atoms with Crippen molar-refractivity contribution in [3.05, 3.63) is 28.5 Å². The minimum absolute atomic E-state index is 0.0223. The molecule has 0 saturated carbocycles. The van der Waals surface area contributed by atoms with Gasteiger partial charge in [-0.1, -0.05) is 104 Å². The molecule has 0 spiro atoms. The van der Waals surface area contributed by atoms with Crippen molar-refractivity contribution in [1.29, 1.82) is 0 Å². The summed E-state index contributed by atoms with van der Waals surface area (Å²) in [6.45, 7) is 46.6. The molecule has 0 atom stereocenters. The second kappa shape index (κ2) is 54.1. The third kappa shape index (κ3) is 52.9. The van der Waals surface area contributed by atoms with Gasteiger partial charge in [0.2, 0.25) is 0 Å². The SMILES string of the molecule is CC(C)(C)CCCOCCOCCOCCCCC(=O)c1nc(N)c(C(=O)NCCCOCCOCCOCCCC(C)(C)C)nc1C(C)(C)C.CC(C)(C)CCCOCCOCCOCCCCC(=O)c1nc(N)c(C(=O)NCCCOCCOCCOCCCC(C)(C)C)nc1N. The molecule has 2 amide bonds. The highest BCUT2D eigenvalue weighted by Gasteiger charge is 2.29. The molecule has 0 aliphatic rings. The number of anilines is 3. The topological polar surface area (TPSA) is 333 Å². The molecule has 99 heavy (non-hydrogen) atoms. The van der Waals surface area contributed by atoms with E-state index in [1.165, 1.54) is 0 Å². The molecule has 0 unspecified atom stereocenters. The highest BCUT2D eigenvalue weighted by molar-refractivity contribution is 6.02. The minimum Gasteiger partial charge on any atom is -0.382 e. The van der Waals surface area contributed by atoms with E-state index in [1.54, 1.807) is 0 Å². The first-order valence-electron chi connectivity index (χ1n) is 36.5. The minimum atomic E-state index is -0.518. The third-order valence-electron chi connectivity index (χ3n) is 14.8. The van der Waals surface area contributed by atoms with Crippen LogP contribution in [0.1, 0.15) is 254 Å². The molecule has 2 aromatic heterocycles. The number of rotatable bonds is 58. The normalized spacial score (nSPS) is 12.2. The van der Waals surface area contributed by atoms with Gasteiger partial charge in [0.25, 0.3) is 11.8 Å². The fourth-order valence-corrected chi connectivity index (χ4v) is 9.29. The van der Waals surface area contributed by atoms with Gasteiger partial charge < -0.3 is 84.7 Å². The van der Waals surface area contributed by atoms with Gasteiger partial charge >= 0.3 is 0 Å². The fourth-order valence-electron chi connectivity index (χ4n) is 9.29. The van der Waals surface area contributed by atoms with Crippen LogP contribution in [-0.2, 0) is 62.3 Å². The Morgan fingerprint density at radius 3 is 0.788 bits per heavy atom. The first-order chi connectivity index (χ1) is 46.8. The molecule has 574 valence electrons. The highest BCUT2D eigenvalue weighted by atomic mass is 16.6. The first kappa shape index (κ1) is 92.4. The summed E-state index contributed by atoms with van der Waals surface area (Å²) in [5, 5.41) is 5.56. The van der Waals surface area contributed by atoms with Crippen LogP contribution >= 0.6 is 0 Å². The van der Waals surface area contributed by atoms with Crippen molar-refractivity contribution < 1.29 is 76.0 Å². The summed E-state index contributed by atoms with van der Waals surface area (Å²) in [6, 6.07) is 0. The number of hydrogen-bond acceptors (Lipinski definition) is 23. The molecule has 25 nitrogen and oxygen atoms in total. The number of nitrogens with one attached hydrogen (secondary N) is 2. The Bertz CT molecular complexity index is 2360. The lowest BCUT2D eigenvalue weighted by molar-refractivity contribution is 0.0124. The molecule has 0 bridgehead atoms. The van der Waals surface area contributed by atoms with Crippen LogP contribution in [0.5, 0.6) is 0 Å². The summed E-state index contributed by atoms with van der Waals surface area (Å²) in [7, 11) is 0. The molecule has 0 aliphatic heterocycles. The summed E-state index contributed by atoms with van der Waals surface area (Å²) in [5.41, 5.74) is 19.4. The number of aromatic nitrogens is 4. The molecule has 2 heterocycles. The van der Waals surface area contributed by atoms with Gasteiger partial charge in [-0.25, -0.2) is 19.9 Å². The number of ketones is 2. The lowest BCUT2D eigenvalue weighted by Crippen LogP contribution is -2.30. The number of ether oxygens (including phenoxy) is 12. The van der Waals surface area contributed by atoms with E-state index in [0.29, 0.717) is 205 Å². The number of Topliss-reactive ketones (excluding diaryl/α,β-unsaturated/α-hetero) is 2. The number of nitrogens with zero attached hydrogens (tertiary/aromatic N) is 4. The molecule has 0 fully saturated rings. The van der Waals surface area contributed by atoms with E-state index in [-0.39, 0.29) is 64.6 Å². The summed E-state index contributed by atoms with van der Waals surface area (Å²) < 4.78 is 66.9. The number of nitrogens with two attached hydrogens (primary N) is 3. The molecule has 2 rings (SSSR count). The smallest absolute Gasteiger partial charge is 0.273 e. The van der Waals surface area contributed by atoms with Gasteiger partial charge in [0.05, 0.1) is 111 Å². The Hall–Kier alpha value is -4.64.